The summed E-state index contributed by atoms with van der Waals surface area (Å²) in [7, 11) is 0. The summed E-state index contributed by atoms with van der Waals surface area (Å²) in [5, 5.41) is 6.02. The highest BCUT2D eigenvalue weighted by molar-refractivity contribution is 5.74. The third kappa shape index (κ3) is 4.27. The fourth-order valence-corrected chi connectivity index (χ4v) is 3.82. The number of hydrogen-bond acceptors (Lipinski definition) is 3. The molecule has 0 spiro atoms. The Morgan fingerprint density at radius 1 is 1.30 bits per heavy atom. The molecule has 23 heavy (non-hydrogen) atoms. The average molecular weight is 319 g/mol. The Morgan fingerprint density at radius 2 is 2.09 bits per heavy atom. The fraction of sp³-hybridized carbons (Fsp3) is 0.778. The van der Waals surface area contributed by atoms with E-state index >= 15 is 0 Å². The van der Waals surface area contributed by atoms with Gasteiger partial charge < -0.3 is 15.1 Å². The lowest BCUT2D eigenvalue weighted by Crippen LogP contribution is -2.37. The Kier molecular flexibility index (Phi) is 5.23. The monoisotopic (exact) mass is 319 g/mol. The van der Waals surface area contributed by atoms with Gasteiger partial charge in [-0.3, -0.25) is 0 Å². The van der Waals surface area contributed by atoms with Crippen LogP contribution in [-0.2, 0) is 13.0 Å². The van der Waals surface area contributed by atoms with Crippen LogP contribution >= 0.6 is 0 Å². The molecule has 2 amide bonds. The second-order valence-corrected chi connectivity index (χ2v) is 7.10. The van der Waals surface area contributed by atoms with Crippen LogP contribution in [0.2, 0.25) is 0 Å². The van der Waals surface area contributed by atoms with E-state index in [1.54, 1.807) is 0 Å². The van der Waals surface area contributed by atoms with E-state index in [0.717, 1.165) is 42.5 Å². The van der Waals surface area contributed by atoms with Crippen molar-refractivity contribution in [3.8, 4) is 0 Å². The van der Waals surface area contributed by atoms with Gasteiger partial charge in [-0.1, -0.05) is 39.0 Å². The highest BCUT2D eigenvalue weighted by Crippen LogP contribution is 2.44. The highest BCUT2D eigenvalue weighted by atomic mass is 16.4. The van der Waals surface area contributed by atoms with Crippen molar-refractivity contribution in [3.63, 3.8) is 0 Å². The number of nitrogens with one attached hydrogen (secondary N) is 2. The molecule has 2 saturated carbocycles. The molecule has 2 fully saturated rings. The number of urea groups is 1. The maximum atomic E-state index is 12.1. The van der Waals surface area contributed by atoms with Crippen LogP contribution in [-0.4, -0.2) is 17.1 Å². The average Bonchev–Trinajstić information content (AvgIpc) is 3.22. The number of aromatic nitrogens is 1. The van der Waals surface area contributed by atoms with E-state index in [0.29, 0.717) is 18.5 Å². The molecule has 2 aliphatic carbocycles. The van der Waals surface area contributed by atoms with Crippen molar-refractivity contribution in [1.29, 1.82) is 0 Å². The fourth-order valence-electron chi connectivity index (χ4n) is 3.82. The van der Waals surface area contributed by atoms with Gasteiger partial charge in [0.2, 0.25) is 0 Å². The summed E-state index contributed by atoms with van der Waals surface area (Å²) in [6.07, 6.45) is 9.83. The SMILES string of the molecule is CCCc1nc(C)c(CNC(=O)N[C@@H]2C[C@H]2C2CCCCC2)o1. The first-order chi connectivity index (χ1) is 11.2. The number of rotatable bonds is 6. The number of hydrogen-bond donors (Lipinski definition) is 2. The van der Waals surface area contributed by atoms with Crippen LogP contribution in [0, 0.1) is 18.8 Å². The van der Waals surface area contributed by atoms with Crippen LogP contribution in [0.5, 0.6) is 0 Å². The predicted octanol–water partition coefficient (Wildman–Crippen LogP) is 3.70. The molecule has 2 N–H and O–H groups in total. The number of nitrogens with zero attached hydrogens (tertiary/aromatic N) is 1. The summed E-state index contributed by atoms with van der Waals surface area (Å²) in [5.74, 6) is 3.08. The van der Waals surface area contributed by atoms with Gasteiger partial charge in [-0.25, -0.2) is 9.78 Å². The van der Waals surface area contributed by atoms with Gasteiger partial charge in [0, 0.05) is 12.5 Å². The highest BCUT2D eigenvalue weighted by Gasteiger charge is 2.43. The topological polar surface area (TPSA) is 67.2 Å². The first-order valence-corrected chi connectivity index (χ1v) is 9.17. The maximum absolute atomic E-state index is 12.1. The summed E-state index contributed by atoms with van der Waals surface area (Å²) in [6.45, 7) is 4.44. The number of aryl methyl sites for hydroxylation is 2. The van der Waals surface area contributed by atoms with Gasteiger partial charge in [-0.2, -0.15) is 0 Å². The number of carbonyl (C=O) groups is 1. The summed E-state index contributed by atoms with van der Waals surface area (Å²) in [4.78, 5) is 16.4. The Hall–Kier alpha value is -1.52. The number of carbonyl (C=O) groups excluding carboxylic acids is 1. The van der Waals surface area contributed by atoms with E-state index in [9.17, 15) is 4.79 Å². The van der Waals surface area contributed by atoms with E-state index in [2.05, 4.69) is 22.5 Å². The van der Waals surface area contributed by atoms with Crippen molar-refractivity contribution in [1.82, 2.24) is 15.6 Å². The largest absolute Gasteiger partial charge is 0.444 e. The molecule has 1 aromatic rings. The summed E-state index contributed by atoms with van der Waals surface area (Å²) in [6, 6.07) is 0.297. The standard InChI is InChI=1S/C18H29N3O2/c1-3-7-17-20-12(2)16(23-17)11-19-18(22)21-15-10-14(15)13-8-5-4-6-9-13/h13-15H,3-11H2,1-2H3,(H2,19,21,22)/t14-,15+/m0/s1. The Bertz CT molecular complexity index is 534. The molecule has 2 aliphatic rings. The molecule has 3 rings (SSSR count). The summed E-state index contributed by atoms with van der Waals surface area (Å²) in [5.41, 5.74) is 0.875. The molecule has 1 aromatic heterocycles. The minimum absolute atomic E-state index is 0.0823. The maximum Gasteiger partial charge on any atom is 0.315 e. The lowest BCUT2D eigenvalue weighted by atomic mass is 9.85. The Morgan fingerprint density at radius 3 is 2.83 bits per heavy atom. The van der Waals surface area contributed by atoms with E-state index in [1.165, 1.54) is 32.1 Å². The van der Waals surface area contributed by atoms with Crippen molar-refractivity contribution in [3.05, 3.63) is 17.3 Å². The third-order valence-corrected chi connectivity index (χ3v) is 5.22. The van der Waals surface area contributed by atoms with E-state index in [-0.39, 0.29) is 6.03 Å². The normalized spacial score (nSPS) is 24.4. The lowest BCUT2D eigenvalue weighted by molar-refractivity contribution is 0.236. The molecule has 0 unspecified atom stereocenters. The van der Waals surface area contributed by atoms with E-state index in [1.807, 2.05) is 6.92 Å². The zero-order chi connectivity index (χ0) is 16.2. The van der Waals surface area contributed by atoms with Crippen LogP contribution in [0.25, 0.3) is 0 Å². The molecule has 5 nitrogen and oxygen atoms in total. The van der Waals surface area contributed by atoms with E-state index in [4.69, 9.17) is 4.42 Å². The van der Waals surface area contributed by atoms with Crippen molar-refractivity contribution in [2.45, 2.75) is 77.8 Å². The second-order valence-electron chi connectivity index (χ2n) is 7.10. The van der Waals surface area contributed by atoms with Crippen LogP contribution in [0.3, 0.4) is 0 Å². The first kappa shape index (κ1) is 16.3. The minimum atomic E-state index is -0.0823. The van der Waals surface area contributed by atoms with Crippen LogP contribution in [0.1, 0.15) is 69.2 Å². The van der Waals surface area contributed by atoms with Gasteiger partial charge in [0.1, 0.15) is 5.76 Å². The summed E-state index contributed by atoms with van der Waals surface area (Å²) >= 11 is 0. The quantitative estimate of drug-likeness (QED) is 0.840. The van der Waals surface area contributed by atoms with Gasteiger partial charge in [0.25, 0.3) is 0 Å². The van der Waals surface area contributed by atoms with Gasteiger partial charge in [0.15, 0.2) is 5.89 Å². The van der Waals surface area contributed by atoms with Crippen LogP contribution in [0.15, 0.2) is 4.42 Å². The van der Waals surface area contributed by atoms with Gasteiger partial charge in [-0.05, 0) is 31.6 Å². The molecule has 0 saturated heterocycles. The van der Waals surface area contributed by atoms with Crippen molar-refractivity contribution in [2.75, 3.05) is 0 Å². The number of oxazole rings is 1. The second kappa shape index (κ2) is 7.37. The minimum Gasteiger partial charge on any atom is -0.444 e. The molecular formula is C18H29N3O2. The molecule has 5 heteroatoms. The van der Waals surface area contributed by atoms with Gasteiger partial charge in [-0.15, -0.1) is 0 Å². The molecule has 128 valence electrons. The molecule has 0 aromatic carbocycles. The van der Waals surface area contributed by atoms with Crippen molar-refractivity contribution < 1.29 is 9.21 Å². The van der Waals surface area contributed by atoms with Crippen LogP contribution < -0.4 is 10.6 Å². The molecule has 2 atom stereocenters. The molecule has 1 heterocycles. The number of amides is 2. The molecular weight excluding hydrogens is 290 g/mol. The molecule has 0 bridgehead atoms. The Labute approximate surface area is 138 Å². The smallest absolute Gasteiger partial charge is 0.315 e. The van der Waals surface area contributed by atoms with E-state index < -0.39 is 0 Å². The predicted molar refractivity (Wildman–Crippen MR) is 89.1 cm³/mol. The zero-order valence-corrected chi connectivity index (χ0v) is 14.4. The zero-order valence-electron chi connectivity index (χ0n) is 14.4. The Balaban J connectivity index is 1.40. The van der Waals surface area contributed by atoms with Crippen molar-refractivity contribution in [2.24, 2.45) is 11.8 Å². The molecule has 0 aliphatic heterocycles. The first-order valence-electron chi connectivity index (χ1n) is 9.17. The van der Waals surface area contributed by atoms with Gasteiger partial charge in [0.05, 0.1) is 12.2 Å². The molecule has 0 radical (unpaired) electrons. The van der Waals surface area contributed by atoms with Crippen molar-refractivity contribution >= 4 is 6.03 Å². The summed E-state index contributed by atoms with van der Waals surface area (Å²) < 4.78 is 5.69. The third-order valence-electron chi connectivity index (χ3n) is 5.22. The lowest BCUT2D eigenvalue weighted by Gasteiger charge is -2.21. The van der Waals surface area contributed by atoms with Crippen LogP contribution in [0.4, 0.5) is 4.79 Å². The van der Waals surface area contributed by atoms with Gasteiger partial charge >= 0.3 is 6.03 Å².